The van der Waals surface area contributed by atoms with E-state index in [0.717, 1.165) is 93.9 Å². The Morgan fingerprint density at radius 1 is 0.286 bits per heavy atom. The van der Waals surface area contributed by atoms with Gasteiger partial charge in [-0.3, -0.25) is 0 Å². The van der Waals surface area contributed by atoms with Gasteiger partial charge >= 0.3 is 0 Å². The van der Waals surface area contributed by atoms with Crippen LogP contribution < -0.4 is 0 Å². The first-order valence-electron chi connectivity index (χ1n) is 18.7. The number of para-hydroxylation sites is 2. The van der Waals surface area contributed by atoms with Gasteiger partial charge in [0.15, 0.2) is 17.5 Å². The third-order valence-corrected chi connectivity index (χ3v) is 10.6. The molecule has 0 bridgehead atoms. The number of rotatable bonds is 6. The van der Waals surface area contributed by atoms with Gasteiger partial charge in [0.05, 0.1) is 0 Å². The minimum Gasteiger partial charge on any atom is -0.456 e. The van der Waals surface area contributed by atoms with Gasteiger partial charge in [-0.2, -0.15) is 0 Å². The Hall–Kier alpha value is -7.63. The summed E-state index contributed by atoms with van der Waals surface area (Å²) in [5, 5.41) is 4.05. The average Bonchev–Trinajstić information content (AvgIpc) is 3.86. The summed E-state index contributed by atoms with van der Waals surface area (Å²) in [4.78, 5) is 15.7. The van der Waals surface area contributed by atoms with Crippen LogP contribution in [0.15, 0.2) is 197 Å². The van der Waals surface area contributed by atoms with Crippen molar-refractivity contribution in [2.24, 2.45) is 0 Å². The quantitative estimate of drug-likeness (QED) is 0.171. The number of hydrogen-bond donors (Lipinski definition) is 0. The summed E-state index contributed by atoms with van der Waals surface area (Å²) in [5.41, 5.74) is 12.3. The lowest BCUT2D eigenvalue weighted by Gasteiger charge is -2.12. The summed E-state index contributed by atoms with van der Waals surface area (Å²) >= 11 is 0. The van der Waals surface area contributed by atoms with E-state index in [2.05, 4.69) is 133 Å². The Kier molecular flexibility index (Phi) is 7.42. The standard InChI is InChI=1S/C51H31N3O2/c1-3-14-32(15-4-1)34-18-11-20-36(30-34)49-52-50(37-21-12-19-35(31-37)33-16-5-2-6-17-33)54-51(53-49)42-29-28-39(48-47(42)41-23-8-10-26-44(41)56-48)38-24-13-27-45-46(38)40-22-7-9-25-43(40)55-45/h1-31H. The molecule has 0 atom stereocenters. The van der Waals surface area contributed by atoms with E-state index in [1.165, 1.54) is 0 Å². The van der Waals surface area contributed by atoms with Crippen LogP contribution in [0, 0.1) is 0 Å². The molecule has 11 aromatic rings. The lowest BCUT2D eigenvalue weighted by atomic mass is 9.95. The van der Waals surface area contributed by atoms with E-state index in [1.54, 1.807) is 0 Å². The SMILES string of the molecule is c1ccc(-c2cccc(-c3nc(-c4cccc(-c5ccccc5)c4)nc(-c4ccc(-c5cccc6oc7ccccc7c56)c5oc6ccccc6c45)n3)c2)cc1. The Morgan fingerprint density at radius 3 is 1.39 bits per heavy atom. The lowest BCUT2D eigenvalue weighted by Crippen LogP contribution is -2.01. The molecule has 0 spiro atoms. The average molecular weight is 718 g/mol. The molecule has 0 N–H and O–H groups in total. The molecular weight excluding hydrogens is 687 g/mol. The molecule has 5 heteroatoms. The van der Waals surface area contributed by atoms with Crippen LogP contribution in [0.5, 0.6) is 0 Å². The first-order chi connectivity index (χ1) is 27.7. The van der Waals surface area contributed by atoms with E-state index in [9.17, 15) is 0 Å². The normalized spacial score (nSPS) is 11.6. The Morgan fingerprint density at radius 2 is 0.750 bits per heavy atom. The number of fused-ring (bicyclic) bond motifs is 6. The van der Waals surface area contributed by atoms with Crippen LogP contribution in [0.2, 0.25) is 0 Å². The maximum Gasteiger partial charge on any atom is 0.164 e. The van der Waals surface area contributed by atoms with Gasteiger partial charge in [0.2, 0.25) is 0 Å². The molecule has 0 aliphatic heterocycles. The molecular formula is C51H31N3O2. The third kappa shape index (κ3) is 5.37. The predicted octanol–water partition coefficient (Wildman–Crippen LogP) is 13.7. The minimum absolute atomic E-state index is 0.565. The molecule has 3 heterocycles. The molecule has 0 aliphatic carbocycles. The van der Waals surface area contributed by atoms with Crippen LogP contribution >= 0.6 is 0 Å². The second-order valence-electron chi connectivity index (χ2n) is 13.9. The first kappa shape index (κ1) is 31.9. The molecule has 0 amide bonds. The first-order valence-corrected chi connectivity index (χ1v) is 18.7. The van der Waals surface area contributed by atoms with E-state index in [4.69, 9.17) is 23.8 Å². The van der Waals surface area contributed by atoms with Gasteiger partial charge in [-0.05, 0) is 70.3 Å². The van der Waals surface area contributed by atoms with Crippen LogP contribution in [0.3, 0.4) is 0 Å². The predicted molar refractivity (Wildman–Crippen MR) is 227 cm³/mol. The Bertz CT molecular complexity index is 3150. The molecule has 56 heavy (non-hydrogen) atoms. The van der Waals surface area contributed by atoms with Crippen molar-refractivity contribution in [2.45, 2.75) is 0 Å². The molecule has 11 rings (SSSR count). The maximum absolute atomic E-state index is 6.80. The van der Waals surface area contributed by atoms with Gasteiger partial charge in [-0.15, -0.1) is 0 Å². The van der Waals surface area contributed by atoms with Gasteiger partial charge in [0.1, 0.15) is 22.3 Å². The molecule has 0 radical (unpaired) electrons. The fourth-order valence-electron chi connectivity index (χ4n) is 7.92. The fraction of sp³-hybridized carbons (Fsp3) is 0. The molecule has 0 unspecified atom stereocenters. The second-order valence-corrected chi connectivity index (χ2v) is 13.9. The minimum atomic E-state index is 0.565. The highest BCUT2D eigenvalue weighted by atomic mass is 16.3. The second kappa shape index (κ2) is 13.0. The molecule has 0 saturated carbocycles. The van der Waals surface area contributed by atoms with Crippen LogP contribution in [0.1, 0.15) is 0 Å². The number of benzene rings is 8. The fourth-order valence-corrected chi connectivity index (χ4v) is 7.92. The molecule has 0 saturated heterocycles. The summed E-state index contributed by atoms with van der Waals surface area (Å²) in [6, 6.07) is 64.4. The van der Waals surface area contributed by atoms with Crippen molar-refractivity contribution in [2.75, 3.05) is 0 Å². The van der Waals surface area contributed by atoms with E-state index < -0.39 is 0 Å². The van der Waals surface area contributed by atoms with Crippen molar-refractivity contribution < 1.29 is 8.83 Å². The lowest BCUT2D eigenvalue weighted by molar-refractivity contribution is 0.668. The Balaban J connectivity index is 1.16. The smallest absolute Gasteiger partial charge is 0.164 e. The number of hydrogen-bond acceptors (Lipinski definition) is 5. The van der Waals surface area contributed by atoms with Gasteiger partial charge in [0.25, 0.3) is 0 Å². The summed E-state index contributed by atoms with van der Waals surface area (Å²) in [5.74, 6) is 1.75. The van der Waals surface area contributed by atoms with Crippen molar-refractivity contribution in [3.63, 3.8) is 0 Å². The highest BCUT2D eigenvalue weighted by molar-refractivity contribution is 6.20. The number of aromatic nitrogens is 3. The van der Waals surface area contributed by atoms with Crippen molar-refractivity contribution in [3.05, 3.63) is 188 Å². The maximum atomic E-state index is 6.80. The monoisotopic (exact) mass is 717 g/mol. The van der Waals surface area contributed by atoms with Crippen molar-refractivity contribution in [1.29, 1.82) is 0 Å². The van der Waals surface area contributed by atoms with Crippen molar-refractivity contribution in [3.8, 4) is 67.5 Å². The number of nitrogens with zero attached hydrogens (tertiary/aromatic N) is 3. The van der Waals surface area contributed by atoms with E-state index >= 15 is 0 Å². The summed E-state index contributed by atoms with van der Waals surface area (Å²) in [7, 11) is 0. The topological polar surface area (TPSA) is 65.0 Å². The van der Waals surface area contributed by atoms with Crippen molar-refractivity contribution in [1.82, 2.24) is 15.0 Å². The molecule has 5 nitrogen and oxygen atoms in total. The zero-order chi connectivity index (χ0) is 37.0. The third-order valence-electron chi connectivity index (χ3n) is 10.6. The molecule has 262 valence electrons. The van der Waals surface area contributed by atoms with Crippen LogP contribution in [0.4, 0.5) is 0 Å². The molecule has 8 aromatic carbocycles. The van der Waals surface area contributed by atoms with Crippen LogP contribution in [-0.4, -0.2) is 15.0 Å². The molecule has 0 aliphatic rings. The highest BCUT2D eigenvalue weighted by Gasteiger charge is 2.23. The van der Waals surface area contributed by atoms with Gasteiger partial charge in [-0.25, -0.2) is 15.0 Å². The summed E-state index contributed by atoms with van der Waals surface area (Å²) in [6.45, 7) is 0. The largest absolute Gasteiger partial charge is 0.456 e. The summed E-state index contributed by atoms with van der Waals surface area (Å²) in [6.07, 6.45) is 0. The van der Waals surface area contributed by atoms with Gasteiger partial charge < -0.3 is 8.83 Å². The number of furan rings is 2. The van der Waals surface area contributed by atoms with Gasteiger partial charge in [0, 0.05) is 43.8 Å². The zero-order valence-electron chi connectivity index (χ0n) is 30.1. The van der Waals surface area contributed by atoms with E-state index in [1.807, 2.05) is 54.6 Å². The van der Waals surface area contributed by atoms with Crippen LogP contribution in [0.25, 0.3) is 111 Å². The Labute approximate surface area is 322 Å². The highest BCUT2D eigenvalue weighted by Crippen LogP contribution is 2.45. The molecule has 0 fully saturated rings. The van der Waals surface area contributed by atoms with Crippen LogP contribution in [-0.2, 0) is 0 Å². The molecule has 3 aromatic heterocycles. The zero-order valence-corrected chi connectivity index (χ0v) is 30.1. The summed E-state index contributed by atoms with van der Waals surface area (Å²) < 4.78 is 13.1. The van der Waals surface area contributed by atoms with Gasteiger partial charge in [-0.1, -0.05) is 146 Å². The van der Waals surface area contributed by atoms with E-state index in [0.29, 0.717) is 17.5 Å². The van der Waals surface area contributed by atoms with Crippen molar-refractivity contribution >= 4 is 43.9 Å². The van der Waals surface area contributed by atoms with E-state index in [-0.39, 0.29) is 0 Å².